The largest absolute Gasteiger partial charge is 0.317 e. The summed E-state index contributed by atoms with van der Waals surface area (Å²) in [4.78, 5) is 11.2. The Kier molecular flexibility index (Phi) is 6.75. The van der Waals surface area contributed by atoms with Crippen LogP contribution < -0.4 is 5.32 Å². The quantitative estimate of drug-likeness (QED) is 0.339. The molecule has 0 saturated carbocycles. The zero-order chi connectivity index (χ0) is 13.4. The molecule has 5 heteroatoms. The molecular weight excluding hydrogens is 248 g/mol. The molecule has 1 rings (SSSR count). The third kappa shape index (κ3) is 5.51. The zero-order valence-electron chi connectivity index (χ0n) is 10.9. The molecule has 1 unspecified atom stereocenters. The SMILES string of the molecule is CNC(C)CCCCSc1ccc([N+](=O)[O-])cc1. The summed E-state index contributed by atoms with van der Waals surface area (Å²) in [7, 11) is 1.98. The van der Waals surface area contributed by atoms with Crippen LogP contribution >= 0.6 is 11.8 Å². The molecule has 18 heavy (non-hydrogen) atoms. The maximum absolute atomic E-state index is 10.5. The van der Waals surface area contributed by atoms with E-state index in [2.05, 4.69) is 12.2 Å². The van der Waals surface area contributed by atoms with E-state index in [1.807, 2.05) is 19.2 Å². The van der Waals surface area contributed by atoms with Gasteiger partial charge in [0.25, 0.3) is 5.69 Å². The highest BCUT2D eigenvalue weighted by atomic mass is 32.2. The normalized spacial score (nSPS) is 12.3. The average molecular weight is 268 g/mol. The lowest BCUT2D eigenvalue weighted by molar-refractivity contribution is -0.384. The van der Waals surface area contributed by atoms with Crippen molar-refractivity contribution >= 4 is 17.4 Å². The molecule has 1 aromatic carbocycles. The number of nitrogens with zero attached hydrogens (tertiary/aromatic N) is 1. The molecule has 4 nitrogen and oxygen atoms in total. The number of nitro benzene ring substituents is 1. The van der Waals surface area contributed by atoms with Crippen LogP contribution in [0.1, 0.15) is 26.2 Å². The lowest BCUT2D eigenvalue weighted by Gasteiger charge is -2.08. The van der Waals surface area contributed by atoms with Crippen molar-refractivity contribution in [3.8, 4) is 0 Å². The fourth-order valence-corrected chi connectivity index (χ4v) is 2.46. The summed E-state index contributed by atoms with van der Waals surface area (Å²) < 4.78 is 0. The third-order valence-corrected chi connectivity index (χ3v) is 3.94. The first-order valence-corrected chi connectivity index (χ1v) is 7.16. The number of hydrogen-bond acceptors (Lipinski definition) is 4. The molecule has 0 aliphatic carbocycles. The van der Waals surface area contributed by atoms with Crippen LogP contribution in [-0.2, 0) is 0 Å². The summed E-state index contributed by atoms with van der Waals surface area (Å²) in [6.45, 7) is 2.18. The molecule has 0 heterocycles. The van der Waals surface area contributed by atoms with E-state index in [1.54, 1.807) is 23.9 Å². The van der Waals surface area contributed by atoms with Gasteiger partial charge in [-0.3, -0.25) is 10.1 Å². The molecule has 0 aromatic heterocycles. The summed E-state index contributed by atoms with van der Waals surface area (Å²) in [5.41, 5.74) is 0.155. The number of unbranched alkanes of at least 4 members (excludes halogenated alkanes) is 1. The van der Waals surface area contributed by atoms with Gasteiger partial charge in [0.2, 0.25) is 0 Å². The minimum Gasteiger partial charge on any atom is -0.317 e. The van der Waals surface area contributed by atoms with Gasteiger partial charge in [0.05, 0.1) is 4.92 Å². The number of benzene rings is 1. The van der Waals surface area contributed by atoms with Crippen molar-refractivity contribution in [3.05, 3.63) is 34.4 Å². The zero-order valence-corrected chi connectivity index (χ0v) is 11.7. The van der Waals surface area contributed by atoms with Crippen LogP contribution in [0, 0.1) is 10.1 Å². The van der Waals surface area contributed by atoms with Gasteiger partial charge in [-0.2, -0.15) is 0 Å². The molecule has 0 fully saturated rings. The van der Waals surface area contributed by atoms with Gasteiger partial charge in [-0.15, -0.1) is 11.8 Å². The Balaban J connectivity index is 2.21. The van der Waals surface area contributed by atoms with Gasteiger partial charge in [-0.1, -0.05) is 6.42 Å². The maximum Gasteiger partial charge on any atom is 0.269 e. The van der Waals surface area contributed by atoms with E-state index in [0.717, 1.165) is 10.6 Å². The second-order valence-corrected chi connectivity index (χ2v) is 5.45. The third-order valence-electron chi connectivity index (χ3n) is 2.84. The number of rotatable bonds is 8. The Morgan fingerprint density at radius 3 is 2.56 bits per heavy atom. The molecule has 0 aliphatic heterocycles. The first-order valence-electron chi connectivity index (χ1n) is 6.18. The second-order valence-electron chi connectivity index (χ2n) is 4.28. The summed E-state index contributed by atoms with van der Waals surface area (Å²) in [5.74, 6) is 1.06. The predicted molar refractivity (Wildman–Crippen MR) is 76.2 cm³/mol. The van der Waals surface area contributed by atoms with Crippen LogP contribution in [-0.4, -0.2) is 23.8 Å². The number of non-ortho nitro benzene ring substituents is 1. The van der Waals surface area contributed by atoms with Crippen LogP contribution in [0.15, 0.2) is 29.2 Å². The van der Waals surface area contributed by atoms with Gasteiger partial charge >= 0.3 is 0 Å². The molecule has 0 bridgehead atoms. The molecular formula is C13H20N2O2S. The first-order chi connectivity index (χ1) is 8.63. The topological polar surface area (TPSA) is 55.2 Å². The van der Waals surface area contributed by atoms with E-state index in [-0.39, 0.29) is 10.6 Å². The van der Waals surface area contributed by atoms with Crippen LogP contribution in [0.4, 0.5) is 5.69 Å². The molecule has 1 aromatic rings. The van der Waals surface area contributed by atoms with Gasteiger partial charge in [-0.25, -0.2) is 0 Å². The Bertz CT molecular complexity index is 368. The molecule has 0 spiro atoms. The molecule has 1 atom stereocenters. The highest BCUT2D eigenvalue weighted by Crippen LogP contribution is 2.22. The predicted octanol–water partition coefficient (Wildman–Crippen LogP) is 3.47. The monoisotopic (exact) mass is 268 g/mol. The lowest BCUT2D eigenvalue weighted by atomic mass is 10.1. The smallest absolute Gasteiger partial charge is 0.269 e. The van der Waals surface area contributed by atoms with Crippen molar-refractivity contribution in [2.24, 2.45) is 0 Å². The lowest BCUT2D eigenvalue weighted by Crippen LogP contribution is -2.20. The molecule has 0 aliphatic rings. The van der Waals surface area contributed by atoms with Gasteiger partial charge < -0.3 is 5.32 Å². The summed E-state index contributed by atoms with van der Waals surface area (Å²) in [6.07, 6.45) is 3.58. The minimum absolute atomic E-state index is 0.155. The van der Waals surface area contributed by atoms with Crippen molar-refractivity contribution < 1.29 is 4.92 Å². The molecule has 1 N–H and O–H groups in total. The van der Waals surface area contributed by atoms with E-state index in [1.165, 1.54) is 19.3 Å². The van der Waals surface area contributed by atoms with Gasteiger partial charge in [0.15, 0.2) is 0 Å². The van der Waals surface area contributed by atoms with E-state index < -0.39 is 0 Å². The fraction of sp³-hybridized carbons (Fsp3) is 0.538. The Labute approximate surface area is 112 Å². The van der Waals surface area contributed by atoms with Gasteiger partial charge in [-0.05, 0) is 44.7 Å². The van der Waals surface area contributed by atoms with Crippen molar-refractivity contribution in [2.45, 2.75) is 37.1 Å². The number of nitro groups is 1. The Morgan fingerprint density at radius 1 is 1.33 bits per heavy atom. The van der Waals surface area contributed by atoms with E-state index in [4.69, 9.17) is 0 Å². The molecule has 0 saturated heterocycles. The number of thioether (sulfide) groups is 1. The standard InChI is InChI=1S/C13H20N2O2S/c1-11(14-2)5-3-4-10-18-13-8-6-12(7-9-13)15(16)17/h6-9,11,14H,3-5,10H2,1-2H3. The highest BCUT2D eigenvalue weighted by Gasteiger charge is 2.04. The summed E-state index contributed by atoms with van der Waals surface area (Å²) in [5, 5.41) is 13.7. The van der Waals surface area contributed by atoms with Crippen LogP contribution in [0.2, 0.25) is 0 Å². The molecule has 0 radical (unpaired) electrons. The van der Waals surface area contributed by atoms with Crippen LogP contribution in [0.5, 0.6) is 0 Å². The van der Waals surface area contributed by atoms with Gasteiger partial charge in [0.1, 0.15) is 0 Å². The van der Waals surface area contributed by atoms with Crippen LogP contribution in [0.25, 0.3) is 0 Å². The molecule has 0 amide bonds. The van der Waals surface area contributed by atoms with E-state index in [9.17, 15) is 10.1 Å². The second kappa shape index (κ2) is 8.11. The van der Waals surface area contributed by atoms with E-state index >= 15 is 0 Å². The average Bonchev–Trinajstić information content (AvgIpc) is 2.38. The first kappa shape index (κ1) is 15.0. The minimum atomic E-state index is -0.367. The van der Waals surface area contributed by atoms with Crippen LogP contribution in [0.3, 0.4) is 0 Å². The van der Waals surface area contributed by atoms with E-state index in [0.29, 0.717) is 6.04 Å². The van der Waals surface area contributed by atoms with Gasteiger partial charge in [0, 0.05) is 23.1 Å². The van der Waals surface area contributed by atoms with Crippen molar-refractivity contribution in [3.63, 3.8) is 0 Å². The maximum atomic E-state index is 10.5. The fourth-order valence-electron chi connectivity index (χ4n) is 1.55. The number of hydrogen-bond donors (Lipinski definition) is 1. The number of nitrogens with one attached hydrogen (secondary N) is 1. The summed E-state index contributed by atoms with van der Waals surface area (Å²) in [6, 6.07) is 7.34. The summed E-state index contributed by atoms with van der Waals surface area (Å²) >= 11 is 1.76. The Hall–Kier alpha value is -1.07. The van der Waals surface area contributed by atoms with Crippen molar-refractivity contribution in [1.82, 2.24) is 5.32 Å². The van der Waals surface area contributed by atoms with Crippen molar-refractivity contribution in [1.29, 1.82) is 0 Å². The Morgan fingerprint density at radius 2 is 2.00 bits per heavy atom. The highest BCUT2D eigenvalue weighted by molar-refractivity contribution is 7.99. The van der Waals surface area contributed by atoms with Crippen molar-refractivity contribution in [2.75, 3.05) is 12.8 Å². The molecule has 100 valence electrons.